The molecule has 0 saturated carbocycles. The maximum atomic E-state index is 11.6. The van der Waals surface area contributed by atoms with Crippen molar-refractivity contribution in [1.82, 2.24) is 9.88 Å². The van der Waals surface area contributed by atoms with Crippen LogP contribution in [0.2, 0.25) is 0 Å². The van der Waals surface area contributed by atoms with Crippen LogP contribution in [0.1, 0.15) is 40.9 Å². The number of Topliss-reactive ketones (excluding diaryl/α,β-unsaturated/α-hetero) is 1. The third kappa shape index (κ3) is 6.45. The molecule has 1 aromatic carbocycles. The molecule has 1 N–H and O–H groups in total. The second kappa shape index (κ2) is 10.8. The molecule has 1 aliphatic heterocycles. The van der Waals surface area contributed by atoms with Gasteiger partial charge in [0.15, 0.2) is 0 Å². The van der Waals surface area contributed by atoms with Crippen LogP contribution < -0.4 is 0 Å². The molecule has 6 heteroatoms. The van der Waals surface area contributed by atoms with Crippen LogP contribution in [0.5, 0.6) is 0 Å². The number of halogens is 1. The van der Waals surface area contributed by atoms with Crippen LogP contribution in [0.15, 0.2) is 53.8 Å². The monoisotopic (exact) mass is 387 g/mol. The zero-order valence-corrected chi connectivity index (χ0v) is 16.1. The van der Waals surface area contributed by atoms with Crippen molar-refractivity contribution in [2.24, 2.45) is 11.1 Å². The number of benzene rings is 1. The quantitative estimate of drug-likeness (QED) is 0.337. The van der Waals surface area contributed by atoms with Crippen molar-refractivity contribution in [3.8, 4) is 0 Å². The molecule has 2 heterocycles. The largest absolute Gasteiger partial charge is 0.411 e. The lowest BCUT2D eigenvalue weighted by Gasteiger charge is -2.32. The molecule has 1 saturated heterocycles. The Bertz CT molecular complexity index is 727. The molecule has 0 unspecified atom stereocenters. The molecule has 0 aliphatic carbocycles. The summed E-state index contributed by atoms with van der Waals surface area (Å²) in [6, 6.07) is 14.3. The molecule has 1 fully saturated rings. The average molecular weight is 388 g/mol. The molecule has 0 atom stereocenters. The summed E-state index contributed by atoms with van der Waals surface area (Å²) in [5, 5.41) is 11.2. The summed E-state index contributed by atoms with van der Waals surface area (Å²) >= 11 is 0. The number of aromatic nitrogens is 1. The standard InChI is InChI=1S/C21H25N3O2.ClH/c25-21(15-23-26)19-7-9-20(22-14-19)8-6-17-10-12-24(13-11-17)16-18-4-2-1-3-5-18;/h1-5,7,9,14-15,17,26H,6,8,10-13,16H2;1H/b23-15+;. The minimum atomic E-state index is -0.336. The van der Waals surface area contributed by atoms with E-state index in [0.29, 0.717) is 5.56 Å². The van der Waals surface area contributed by atoms with E-state index in [2.05, 4.69) is 45.4 Å². The number of ketones is 1. The normalized spacial score (nSPS) is 15.6. The molecule has 0 bridgehead atoms. The van der Waals surface area contributed by atoms with Crippen molar-refractivity contribution < 1.29 is 10.0 Å². The van der Waals surface area contributed by atoms with Crippen LogP contribution in [0.25, 0.3) is 0 Å². The van der Waals surface area contributed by atoms with Crippen molar-refractivity contribution in [2.75, 3.05) is 13.1 Å². The molecule has 1 aromatic heterocycles. The molecule has 1 aliphatic rings. The molecule has 27 heavy (non-hydrogen) atoms. The molecule has 0 amide bonds. The number of carbonyl (C=O) groups is 1. The number of aryl methyl sites for hydroxylation is 1. The Morgan fingerprint density at radius 1 is 1.19 bits per heavy atom. The molecule has 3 rings (SSSR count). The smallest absolute Gasteiger partial charge is 0.208 e. The van der Waals surface area contributed by atoms with Gasteiger partial charge in [-0.25, -0.2) is 0 Å². The zero-order valence-electron chi connectivity index (χ0n) is 15.3. The second-order valence-corrected chi connectivity index (χ2v) is 6.89. The maximum absolute atomic E-state index is 11.6. The van der Waals surface area contributed by atoms with Gasteiger partial charge in [0.2, 0.25) is 5.78 Å². The summed E-state index contributed by atoms with van der Waals surface area (Å²) in [5.74, 6) is 0.406. The molecule has 5 nitrogen and oxygen atoms in total. The minimum Gasteiger partial charge on any atom is -0.411 e. The van der Waals surface area contributed by atoms with Crippen LogP contribution in [0, 0.1) is 5.92 Å². The fourth-order valence-corrected chi connectivity index (χ4v) is 3.47. The Morgan fingerprint density at radius 3 is 2.56 bits per heavy atom. The Morgan fingerprint density at radius 2 is 1.93 bits per heavy atom. The fourth-order valence-electron chi connectivity index (χ4n) is 3.47. The highest BCUT2D eigenvalue weighted by molar-refractivity contribution is 6.35. The summed E-state index contributed by atoms with van der Waals surface area (Å²) in [5.41, 5.74) is 2.84. The van der Waals surface area contributed by atoms with Gasteiger partial charge in [0.05, 0.1) is 0 Å². The van der Waals surface area contributed by atoms with Crippen molar-refractivity contribution in [3.63, 3.8) is 0 Å². The first-order valence-electron chi connectivity index (χ1n) is 9.17. The maximum Gasteiger partial charge on any atom is 0.208 e. The van der Waals surface area contributed by atoms with Crippen LogP contribution in [-0.2, 0) is 13.0 Å². The molecular weight excluding hydrogens is 362 g/mol. The lowest BCUT2D eigenvalue weighted by atomic mass is 9.91. The van der Waals surface area contributed by atoms with Crippen molar-refractivity contribution in [2.45, 2.75) is 32.2 Å². The topological polar surface area (TPSA) is 65.8 Å². The first kappa shape index (κ1) is 21.1. The van der Waals surface area contributed by atoms with Crippen LogP contribution >= 0.6 is 12.4 Å². The predicted octanol–water partition coefficient (Wildman–Crippen LogP) is 3.99. The van der Waals surface area contributed by atoms with E-state index in [1.165, 1.54) is 18.4 Å². The van der Waals surface area contributed by atoms with E-state index in [1.54, 1.807) is 12.3 Å². The van der Waals surface area contributed by atoms with Gasteiger partial charge < -0.3 is 5.21 Å². The number of piperidine rings is 1. The molecule has 2 aromatic rings. The van der Waals surface area contributed by atoms with Crippen molar-refractivity contribution in [3.05, 3.63) is 65.5 Å². The van der Waals surface area contributed by atoms with Crippen molar-refractivity contribution >= 4 is 24.4 Å². The average Bonchev–Trinajstić information content (AvgIpc) is 2.69. The van der Waals surface area contributed by atoms with Gasteiger partial charge in [0, 0.05) is 24.0 Å². The van der Waals surface area contributed by atoms with E-state index in [9.17, 15) is 4.79 Å². The van der Waals surface area contributed by atoms with E-state index in [-0.39, 0.29) is 18.2 Å². The Balaban J connectivity index is 0.00000261. The zero-order chi connectivity index (χ0) is 18.2. The number of pyridine rings is 1. The molecule has 144 valence electrons. The lowest BCUT2D eigenvalue weighted by molar-refractivity contribution is 0.106. The Hall–Kier alpha value is -2.24. The highest BCUT2D eigenvalue weighted by atomic mass is 35.5. The van der Waals surface area contributed by atoms with Crippen LogP contribution in [0.4, 0.5) is 0 Å². The Labute approximate surface area is 166 Å². The van der Waals surface area contributed by atoms with E-state index in [1.807, 2.05) is 6.07 Å². The van der Waals surface area contributed by atoms with Gasteiger partial charge in [-0.05, 0) is 62.4 Å². The number of hydrogen-bond donors (Lipinski definition) is 1. The Kier molecular flexibility index (Phi) is 8.43. The summed E-state index contributed by atoms with van der Waals surface area (Å²) in [7, 11) is 0. The SMILES string of the molecule is Cl.O=C(/C=N/O)c1ccc(CCC2CCN(Cc3ccccc3)CC2)nc1. The number of oxime groups is 1. The van der Waals surface area contributed by atoms with E-state index in [4.69, 9.17) is 5.21 Å². The van der Waals surface area contributed by atoms with Gasteiger partial charge in [0.25, 0.3) is 0 Å². The minimum absolute atomic E-state index is 0. The molecular formula is C21H26ClN3O2. The third-order valence-corrected chi connectivity index (χ3v) is 5.05. The van der Waals surface area contributed by atoms with Gasteiger partial charge in [-0.2, -0.15) is 0 Å². The number of likely N-dealkylation sites (tertiary alicyclic amines) is 1. The van der Waals surface area contributed by atoms with E-state index in [0.717, 1.165) is 50.3 Å². The highest BCUT2D eigenvalue weighted by Crippen LogP contribution is 2.23. The summed E-state index contributed by atoms with van der Waals surface area (Å²) < 4.78 is 0. The van der Waals surface area contributed by atoms with Gasteiger partial charge in [-0.15, -0.1) is 12.4 Å². The number of hydrogen-bond acceptors (Lipinski definition) is 5. The number of carbonyl (C=O) groups excluding carboxylic acids is 1. The summed E-state index contributed by atoms with van der Waals surface area (Å²) in [4.78, 5) is 18.5. The van der Waals surface area contributed by atoms with Crippen LogP contribution in [0.3, 0.4) is 0 Å². The van der Waals surface area contributed by atoms with Gasteiger partial charge in [-0.3, -0.25) is 14.7 Å². The van der Waals surface area contributed by atoms with Crippen molar-refractivity contribution in [1.29, 1.82) is 0 Å². The molecule has 0 radical (unpaired) electrons. The number of nitrogens with zero attached hydrogens (tertiary/aromatic N) is 3. The molecule has 0 spiro atoms. The van der Waals surface area contributed by atoms with E-state index >= 15 is 0 Å². The number of rotatable bonds is 7. The summed E-state index contributed by atoms with van der Waals surface area (Å²) in [6.07, 6.45) is 6.98. The fraction of sp³-hybridized carbons (Fsp3) is 0.381. The van der Waals surface area contributed by atoms with E-state index < -0.39 is 0 Å². The van der Waals surface area contributed by atoms with Gasteiger partial charge >= 0.3 is 0 Å². The highest BCUT2D eigenvalue weighted by Gasteiger charge is 2.19. The first-order valence-corrected chi connectivity index (χ1v) is 9.17. The third-order valence-electron chi connectivity index (χ3n) is 5.05. The van der Waals surface area contributed by atoms with Gasteiger partial charge in [-0.1, -0.05) is 35.5 Å². The lowest BCUT2D eigenvalue weighted by Crippen LogP contribution is -2.33. The van der Waals surface area contributed by atoms with Crippen LogP contribution in [-0.4, -0.2) is 40.2 Å². The first-order chi connectivity index (χ1) is 12.7. The second-order valence-electron chi connectivity index (χ2n) is 6.89. The predicted molar refractivity (Wildman–Crippen MR) is 109 cm³/mol. The van der Waals surface area contributed by atoms with Gasteiger partial charge in [0.1, 0.15) is 6.21 Å². The summed E-state index contributed by atoms with van der Waals surface area (Å²) in [6.45, 7) is 3.35.